The smallest absolute Gasteiger partial charge is 0.338 e. The van der Waals surface area contributed by atoms with E-state index in [4.69, 9.17) is 4.74 Å². The van der Waals surface area contributed by atoms with Crippen molar-refractivity contribution in [1.29, 1.82) is 0 Å². The monoisotopic (exact) mass is 335 g/mol. The molecule has 0 spiro atoms. The lowest BCUT2D eigenvalue weighted by atomic mass is 10.1. The molecule has 0 N–H and O–H groups in total. The molecule has 0 saturated carbocycles. The van der Waals surface area contributed by atoms with E-state index in [1.54, 1.807) is 6.92 Å². The number of carbonyl (C=O) groups is 3. The summed E-state index contributed by atoms with van der Waals surface area (Å²) in [5.41, 5.74) is 1.62. The quantitative estimate of drug-likeness (QED) is 0.477. The molecule has 0 saturated heterocycles. The van der Waals surface area contributed by atoms with Crippen LogP contribution in [-0.4, -0.2) is 29.2 Å². The van der Waals surface area contributed by atoms with Crippen LogP contribution in [0.1, 0.15) is 49.7 Å². The van der Waals surface area contributed by atoms with Gasteiger partial charge in [0, 0.05) is 6.54 Å². The number of nitrogens with zero attached hydrogens (tertiary/aromatic N) is 1. The molecule has 1 aliphatic rings. The van der Waals surface area contributed by atoms with E-state index in [9.17, 15) is 14.4 Å². The topological polar surface area (TPSA) is 63.7 Å². The van der Waals surface area contributed by atoms with Crippen molar-refractivity contribution in [1.82, 2.24) is 4.90 Å². The van der Waals surface area contributed by atoms with Gasteiger partial charge >= 0.3 is 5.97 Å². The summed E-state index contributed by atoms with van der Waals surface area (Å²) in [7, 11) is 0. The number of amides is 2. The first-order chi connectivity index (χ1) is 12.0. The lowest BCUT2D eigenvalue weighted by Crippen LogP contribution is -2.29. The van der Waals surface area contributed by atoms with Crippen LogP contribution in [0.5, 0.6) is 0 Å². The first-order valence-electron chi connectivity index (χ1n) is 7.90. The fourth-order valence-corrected chi connectivity index (χ4v) is 2.73. The van der Waals surface area contributed by atoms with E-state index in [-0.39, 0.29) is 23.6 Å². The Morgan fingerprint density at radius 1 is 1.12 bits per heavy atom. The van der Waals surface area contributed by atoms with Crippen molar-refractivity contribution in [3.05, 3.63) is 83.4 Å². The average Bonchev–Trinajstić information content (AvgIpc) is 2.87. The third-order valence-corrected chi connectivity index (χ3v) is 4.07. The Bertz CT molecular complexity index is 857. The zero-order valence-corrected chi connectivity index (χ0v) is 13.8. The molecule has 3 rings (SSSR count). The van der Waals surface area contributed by atoms with Crippen LogP contribution >= 0.6 is 0 Å². The van der Waals surface area contributed by atoms with Gasteiger partial charge in [-0.15, -0.1) is 6.58 Å². The van der Waals surface area contributed by atoms with E-state index < -0.39 is 18.0 Å². The summed E-state index contributed by atoms with van der Waals surface area (Å²) in [6.07, 6.45) is 1.06. The second kappa shape index (κ2) is 6.73. The molecular formula is C20H17NO4. The minimum Gasteiger partial charge on any atom is -0.454 e. The molecule has 1 atom stereocenters. The predicted molar refractivity (Wildman–Crippen MR) is 92.3 cm³/mol. The minimum atomic E-state index is -0.540. The third kappa shape index (κ3) is 3.08. The molecule has 0 fully saturated rings. The van der Waals surface area contributed by atoms with Crippen LogP contribution in [0.4, 0.5) is 0 Å². The van der Waals surface area contributed by atoms with Crippen molar-refractivity contribution in [3.8, 4) is 0 Å². The van der Waals surface area contributed by atoms with Gasteiger partial charge < -0.3 is 4.74 Å². The van der Waals surface area contributed by atoms with Crippen molar-refractivity contribution >= 4 is 17.8 Å². The summed E-state index contributed by atoms with van der Waals surface area (Å²) in [4.78, 5) is 38.0. The Balaban J connectivity index is 1.81. The number of imide groups is 1. The van der Waals surface area contributed by atoms with Crippen LogP contribution in [-0.2, 0) is 4.74 Å². The zero-order chi connectivity index (χ0) is 18.0. The first-order valence-corrected chi connectivity index (χ1v) is 7.90. The lowest BCUT2D eigenvalue weighted by Gasteiger charge is -2.13. The largest absolute Gasteiger partial charge is 0.454 e. The highest BCUT2D eigenvalue weighted by Gasteiger charge is 2.35. The van der Waals surface area contributed by atoms with Crippen LogP contribution in [0.3, 0.4) is 0 Å². The molecule has 25 heavy (non-hydrogen) atoms. The number of hydrogen-bond donors (Lipinski definition) is 0. The first kappa shape index (κ1) is 16.6. The van der Waals surface area contributed by atoms with Crippen LogP contribution in [0, 0.1) is 0 Å². The molecule has 0 radical (unpaired) electrons. The molecule has 0 bridgehead atoms. The van der Waals surface area contributed by atoms with E-state index >= 15 is 0 Å². The van der Waals surface area contributed by atoms with Crippen molar-refractivity contribution in [2.24, 2.45) is 0 Å². The summed E-state index contributed by atoms with van der Waals surface area (Å²) in [6, 6.07) is 13.8. The normalized spacial score (nSPS) is 14.2. The van der Waals surface area contributed by atoms with Crippen LogP contribution in [0.2, 0.25) is 0 Å². The fraction of sp³-hybridized carbons (Fsp3) is 0.150. The van der Waals surface area contributed by atoms with Gasteiger partial charge in [-0.05, 0) is 30.7 Å². The van der Waals surface area contributed by atoms with Gasteiger partial charge in [0.2, 0.25) is 0 Å². The van der Waals surface area contributed by atoms with Crippen LogP contribution < -0.4 is 0 Å². The number of ether oxygens (including phenoxy) is 1. The maximum atomic E-state index is 12.4. The molecule has 2 aromatic carbocycles. The van der Waals surface area contributed by atoms with Gasteiger partial charge in [-0.2, -0.15) is 0 Å². The maximum Gasteiger partial charge on any atom is 0.338 e. The second-order valence-electron chi connectivity index (χ2n) is 5.73. The number of carbonyl (C=O) groups excluding carboxylic acids is 3. The van der Waals surface area contributed by atoms with E-state index in [1.165, 1.54) is 24.3 Å². The summed E-state index contributed by atoms with van der Waals surface area (Å²) in [5.74, 6) is -1.34. The van der Waals surface area contributed by atoms with Gasteiger partial charge in [-0.1, -0.05) is 36.4 Å². The highest BCUT2D eigenvalue weighted by Crippen LogP contribution is 2.25. The fourth-order valence-electron chi connectivity index (χ4n) is 2.73. The van der Waals surface area contributed by atoms with Gasteiger partial charge in [0.15, 0.2) is 0 Å². The SMILES string of the molecule is C=CCN1C(=O)c2ccc(C(=O)O[C@@H](C)c3ccccc3)cc2C1=O. The molecule has 2 aromatic rings. The highest BCUT2D eigenvalue weighted by molar-refractivity contribution is 6.22. The zero-order valence-electron chi connectivity index (χ0n) is 13.8. The van der Waals surface area contributed by atoms with E-state index in [0.717, 1.165) is 10.5 Å². The Morgan fingerprint density at radius 2 is 1.80 bits per heavy atom. The molecule has 1 heterocycles. The molecule has 0 unspecified atom stereocenters. The number of rotatable bonds is 5. The lowest BCUT2D eigenvalue weighted by molar-refractivity contribution is 0.0337. The van der Waals surface area contributed by atoms with Crippen molar-refractivity contribution in [2.75, 3.05) is 6.54 Å². The maximum absolute atomic E-state index is 12.4. The Hall–Kier alpha value is -3.21. The number of benzene rings is 2. The van der Waals surface area contributed by atoms with E-state index in [0.29, 0.717) is 5.56 Å². The molecule has 5 nitrogen and oxygen atoms in total. The predicted octanol–water partition coefficient (Wildman–Crippen LogP) is 3.39. The van der Waals surface area contributed by atoms with E-state index in [2.05, 4.69) is 6.58 Å². The summed E-state index contributed by atoms with van der Waals surface area (Å²) >= 11 is 0. The number of esters is 1. The average molecular weight is 335 g/mol. The van der Waals surface area contributed by atoms with E-state index in [1.807, 2.05) is 30.3 Å². The summed E-state index contributed by atoms with van der Waals surface area (Å²) < 4.78 is 5.45. The van der Waals surface area contributed by atoms with Gasteiger partial charge in [-0.3, -0.25) is 14.5 Å². The van der Waals surface area contributed by atoms with Crippen molar-refractivity contribution < 1.29 is 19.1 Å². The highest BCUT2D eigenvalue weighted by atomic mass is 16.5. The van der Waals surface area contributed by atoms with Gasteiger partial charge in [0.25, 0.3) is 11.8 Å². The Labute approximate surface area is 145 Å². The number of hydrogen-bond acceptors (Lipinski definition) is 4. The minimum absolute atomic E-state index is 0.136. The Morgan fingerprint density at radius 3 is 2.48 bits per heavy atom. The molecule has 1 aliphatic heterocycles. The van der Waals surface area contributed by atoms with Gasteiger partial charge in [-0.25, -0.2) is 4.79 Å². The van der Waals surface area contributed by atoms with Gasteiger partial charge in [0.05, 0.1) is 16.7 Å². The standard InChI is InChI=1S/C20H17NO4/c1-3-11-21-18(22)16-10-9-15(12-17(16)19(21)23)20(24)25-13(2)14-7-5-4-6-8-14/h3-10,12-13H,1,11H2,2H3/t13-/m0/s1. The summed E-state index contributed by atoms with van der Waals surface area (Å²) in [5, 5.41) is 0. The Kier molecular flexibility index (Phi) is 4.48. The molecule has 126 valence electrons. The molecule has 2 amide bonds. The van der Waals surface area contributed by atoms with Crippen molar-refractivity contribution in [2.45, 2.75) is 13.0 Å². The number of fused-ring (bicyclic) bond motifs is 1. The van der Waals surface area contributed by atoms with Crippen LogP contribution in [0.25, 0.3) is 0 Å². The third-order valence-electron chi connectivity index (χ3n) is 4.07. The van der Waals surface area contributed by atoms with Crippen LogP contribution in [0.15, 0.2) is 61.2 Å². The molecular weight excluding hydrogens is 318 g/mol. The van der Waals surface area contributed by atoms with Crippen molar-refractivity contribution in [3.63, 3.8) is 0 Å². The molecule has 0 aromatic heterocycles. The van der Waals surface area contributed by atoms with Gasteiger partial charge in [0.1, 0.15) is 6.10 Å². The summed E-state index contributed by atoms with van der Waals surface area (Å²) in [6.45, 7) is 5.46. The molecule has 0 aliphatic carbocycles. The second-order valence-corrected chi connectivity index (χ2v) is 5.73. The molecule has 5 heteroatoms.